The van der Waals surface area contributed by atoms with E-state index in [1.54, 1.807) is 0 Å². The fourth-order valence-corrected chi connectivity index (χ4v) is 3.92. The van der Waals surface area contributed by atoms with E-state index < -0.39 is 5.97 Å². The van der Waals surface area contributed by atoms with Crippen molar-refractivity contribution in [2.24, 2.45) is 5.92 Å². The predicted molar refractivity (Wildman–Crippen MR) is 69.2 cm³/mol. The van der Waals surface area contributed by atoms with Gasteiger partial charge in [-0.3, -0.25) is 9.69 Å². The summed E-state index contributed by atoms with van der Waals surface area (Å²) < 4.78 is 6.33. The van der Waals surface area contributed by atoms with Crippen molar-refractivity contribution in [1.29, 1.82) is 0 Å². The lowest BCUT2D eigenvalue weighted by Gasteiger charge is -2.28. The van der Waals surface area contributed by atoms with E-state index in [-0.39, 0.29) is 18.0 Å². The molecule has 2 bridgehead atoms. The van der Waals surface area contributed by atoms with Gasteiger partial charge in [0.05, 0.1) is 12.0 Å². The lowest BCUT2D eigenvalue weighted by molar-refractivity contribution is -0.142. The fraction of sp³-hybridized carbons (Fsp3) is 0.615. The van der Waals surface area contributed by atoms with Crippen LogP contribution in [0.25, 0.3) is 0 Å². The van der Waals surface area contributed by atoms with Crippen molar-refractivity contribution in [3.8, 4) is 0 Å². The second-order valence-corrected chi connectivity index (χ2v) is 6.03. The zero-order chi connectivity index (χ0) is 12.9. The SMILES string of the molecule is CC(c1ccc(Br)o1)N1C2CCC1C(C(=O)O)C2. The van der Waals surface area contributed by atoms with Crippen LogP contribution < -0.4 is 0 Å². The first kappa shape index (κ1) is 12.2. The molecular formula is C13H16BrNO3. The predicted octanol–water partition coefficient (Wildman–Crippen LogP) is 3.04. The van der Waals surface area contributed by atoms with Crippen LogP contribution >= 0.6 is 15.9 Å². The van der Waals surface area contributed by atoms with E-state index in [1.165, 1.54) is 0 Å². The van der Waals surface area contributed by atoms with Crippen molar-refractivity contribution in [1.82, 2.24) is 4.90 Å². The molecule has 98 valence electrons. The van der Waals surface area contributed by atoms with Crippen molar-refractivity contribution in [3.05, 3.63) is 22.6 Å². The van der Waals surface area contributed by atoms with Crippen molar-refractivity contribution in [2.75, 3.05) is 0 Å². The minimum Gasteiger partial charge on any atom is -0.481 e. The van der Waals surface area contributed by atoms with Gasteiger partial charge in [-0.05, 0) is 54.2 Å². The molecule has 4 unspecified atom stereocenters. The van der Waals surface area contributed by atoms with Crippen LogP contribution in [-0.2, 0) is 4.79 Å². The van der Waals surface area contributed by atoms with E-state index in [0.29, 0.717) is 6.04 Å². The Morgan fingerprint density at radius 3 is 2.89 bits per heavy atom. The number of aliphatic carboxylic acids is 1. The van der Waals surface area contributed by atoms with E-state index in [2.05, 4.69) is 27.8 Å². The Bertz CT molecular complexity index is 473. The molecule has 3 rings (SSSR count). The van der Waals surface area contributed by atoms with Crippen LogP contribution in [0.1, 0.15) is 38.0 Å². The van der Waals surface area contributed by atoms with Crippen LogP contribution in [0, 0.1) is 5.92 Å². The molecule has 2 aliphatic heterocycles. The molecule has 4 atom stereocenters. The average molecular weight is 314 g/mol. The van der Waals surface area contributed by atoms with Gasteiger partial charge in [0, 0.05) is 12.1 Å². The number of carboxylic acid groups (broad SMARTS) is 1. The molecule has 18 heavy (non-hydrogen) atoms. The molecule has 1 N–H and O–H groups in total. The standard InChI is InChI=1S/C13H16BrNO3/c1-7(11-4-5-12(14)18-11)15-8-2-3-10(15)9(6-8)13(16)17/h4-5,7-10H,2-3,6H2,1H3,(H,16,17). The second-order valence-electron chi connectivity index (χ2n) is 5.24. The molecule has 1 aromatic rings. The molecule has 0 radical (unpaired) electrons. The first-order chi connectivity index (χ1) is 8.58. The summed E-state index contributed by atoms with van der Waals surface area (Å²) in [5.74, 6) is 0.0504. The van der Waals surface area contributed by atoms with Crippen LogP contribution in [0.15, 0.2) is 21.2 Å². The first-order valence-electron chi connectivity index (χ1n) is 6.33. The zero-order valence-electron chi connectivity index (χ0n) is 10.2. The number of carboxylic acids is 1. The Labute approximate surface area is 114 Å². The van der Waals surface area contributed by atoms with E-state index in [1.807, 2.05) is 12.1 Å². The number of rotatable bonds is 3. The van der Waals surface area contributed by atoms with Gasteiger partial charge >= 0.3 is 5.97 Å². The van der Waals surface area contributed by atoms with Crippen molar-refractivity contribution >= 4 is 21.9 Å². The van der Waals surface area contributed by atoms with Crippen molar-refractivity contribution < 1.29 is 14.3 Å². The number of hydrogen-bond donors (Lipinski definition) is 1. The van der Waals surface area contributed by atoms with Gasteiger partial charge in [0.15, 0.2) is 4.67 Å². The van der Waals surface area contributed by atoms with E-state index in [0.717, 1.165) is 29.7 Å². The van der Waals surface area contributed by atoms with Crippen LogP contribution in [0.3, 0.4) is 0 Å². The molecule has 1 aromatic heterocycles. The fourth-order valence-electron chi connectivity index (χ4n) is 3.60. The molecule has 4 nitrogen and oxygen atoms in total. The van der Waals surface area contributed by atoms with Crippen LogP contribution in [0.4, 0.5) is 0 Å². The molecule has 5 heteroatoms. The Morgan fingerprint density at radius 2 is 2.33 bits per heavy atom. The summed E-state index contributed by atoms with van der Waals surface area (Å²) in [5.41, 5.74) is 0. The molecule has 2 saturated heterocycles. The molecule has 0 saturated carbocycles. The third-order valence-electron chi connectivity index (χ3n) is 4.36. The van der Waals surface area contributed by atoms with Gasteiger partial charge in [-0.25, -0.2) is 0 Å². The highest BCUT2D eigenvalue weighted by atomic mass is 79.9. The Morgan fingerprint density at radius 1 is 1.56 bits per heavy atom. The molecule has 0 aromatic carbocycles. The summed E-state index contributed by atoms with van der Waals surface area (Å²) in [6.45, 7) is 2.10. The van der Waals surface area contributed by atoms with Crippen molar-refractivity contribution in [2.45, 2.75) is 44.3 Å². The van der Waals surface area contributed by atoms with Gasteiger partial charge in [-0.15, -0.1) is 0 Å². The summed E-state index contributed by atoms with van der Waals surface area (Å²) in [4.78, 5) is 13.6. The second kappa shape index (κ2) is 4.38. The number of nitrogens with zero attached hydrogens (tertiary/aromatic N) is 1. The van der Waals surface area contributed by atoms with E-state index >= 15 is 0 Å². The summed E-state index contributed by atoms with van der Waals surface area (Å²) >= 11 is 3.31. The molecule has 2 fully saturated rings. The maximum atomic E-state index is 11.2. The normalized spacial score (nSPS) is 32.9. The van der Waals surface area contributed by atoms with Gasteiger partial charge in [0.25, 0.3) is 0 Å². The smallest absolute Gasteiger partial charge is 0.308 e. The molecule has 3 heterocycles. The summed E-state index contributed by atoms with van der Waals surface area (Å²) in [6.07, 6.45) is 2.89. The number of furan rings is 1. The summed E-state index contributed by atoms with van der Waals surface area (Å²) in [5, 5.41) is 9.25. The quantitative estimate of drug-likeness (QED) is 0.932. The van der Waals surface area contributed by atoms with Gasteiger partial charge in [-0.2, -0.15) is 0 Å². The maximum absolute atomic E-state index is 11.2. The monoisotopic (exact) mass is 313 g/mol. The molecule has 0 spiro atoms. The Kier molecular flexibility index (Phi) is 2.98. The number of fused-ring (bicyclic) bond motifs is 2. The van der Waals surface area contributed by atoms with Crippen LogP contribution in [-0.4, -0.2) is 28.1 Å². The first-order valence-corrected chi connectivity index (χ1v) is 7.12. The van der Waals surface area contributed by atoms with E-state index in [9.17, 15) is 9.90 Å². The van der Waals surface area contributed by atoms with Gasteiger partial charge < -0.3 is 9.52 Å². The van der Waals surface area contributed by atoms with Crippen LogP contribution in [0.5, 0.6) is 0 Å². The highest BCUT2D eigenvalue weighted by Crippen LogP contribution is 2.46. The summed E-state index contributed by atoms with van der Waals surface area (Å²) in [6, 6.07) is 4.57. The number of halogens is 1. The minimum atomic E-state index is -0.653. The van der Waals surface area contributed by atoms with Gasteiger partial charge in [-0.1, -0.05) is 0 Å². The van der Waals surface area contributed by atoms with Gasteiger partial charge in [0.2, 0.25) is 0 Å². The molecule has 0 amide bonds. The third-order valence-corrected chi connectivity index (χ3v) is 4.79. The molecular weight excluding hydrogens is 298 g/mol. The highest BCUT2D eigenvalue weighted by Gasteiger charge is 2.51. The highest BCUT2D eigenvalue weighted by molar-refractivity contribution is 9.10. The maximum Gasteiger partial charge on any atom is 0.308 e. The molecule has 2 aliphatic rings. The Balaban J connectivity index is 1.83. The lowest BCUT2D eigenvalue weighted by Crippen LogP contribution is -2.34. The van der Waals surface area contributed by atoms with Crippen LogP contribution in [0.2, 0.25) is 0 Å². The summed E-state index contributed by atoms with van der Waals surface area (Å²) in [7, 11) is 0. The number of carbonyl (C=O) groups is 1. The zero-order valence-corrected chi connectivity index (χ0v) is 11.8. The lowest BCUT2D eigenvalue weighted by atomic mass is 9.89. The van der Waals surface area contributed by atoms with Gasteiger partial charge in [0.1, 0.15) is 5.76 Å². The van der Waals surface area contributed by atoms with Crippen molar-refractivity contribution in [3.63, 3.8) is 0 Å². The largest absolute Gasteiger partial charge is 0.481 e. The number of hydrogen-bond acceptors (Lipinski definition) is 3. The minimum absolute atomic E-state index is 0.151. The molecule has 0 aliphatic carbocycles. The third kappa shape index (κ3) is 1.80. The van der Waals surface area contributed by atoms with E-state index in [4.69, 9.17) is 4.42 Å². The topological polar surface area (TPSA) is 53.7 Å². The Hall–Kier alpha value is -0.810. The average Bonchev–Trinajstić information content (AvgIpc) is 3.01.